The Kier molecular flexibility index (Phi) is 13.7. The molecule has 0 bridgehead atoms. The van der Waals surface area contributed by atoms with Crippen LogP contribution >= 0.6 is 17.2 Å². The third-order valence-electron chi connectivity index (χ3n) is 11.0. The quantitative estimate of drug-likeness (QED) is 0.126. The van der Waals surface area contributed by atoms with E-state index in [1.165, 1.54) is 44.0 Å². The lowest BCUT2D eigenvalue weighted by Crippen LogP contribution is -2.33. The number of hydrogen-bond donors (Lipinski definition) is 0. The van der Waals surface area contributed by atoms with Crippen molar-refractivity contribution in [3.8, 4) is 22.6 Å². The fourth-order valence-corrected chi connectivity index (χ4v) is 9.72. The molecular formula is C50H72O2P2. The molecule has 0 radical (unpaired) electrons. The molecule has 4 rings (SSSR count). The highest BCUT2D eigenvalue weighted by Crippen LogP contribution is 2.46. The van der Waals surface area contributed by atoms with Gasteiger partial charge in [0.1, 0.15) is 22.2 Å². The molecule has 294 valence electrons. The van der Waals surface area contributed by atoms with E-state index in [-0.39, 0.29) is 32.3 Å². The van der Waals surface area contributed by atoms with Crippen molar-refractivity contribution >= 4 is 27.8 Å². The van der Waals surface area contributed by atoms with Crippen LogP contribution < -0.4 is 20.1 Å². The summed E-state index contributed by atoms with van der Waals surface area (Å²) in [5.74, 6) is 2.05. The first-order valence-electron chi connectivity index (χ1n) is 20.4. The monoisotopic (exact) mass is 767 g/mol. The highest BCUT2D eigenvalue weighted by molar-refractivity contribution is 7.49. The van der Waals surface area contributed by atoms with E-state index in [4.69, 9.17) is 9.47 Å². The van der Waals surface area contributed by atoms with Gasteiger partial charge >= 0.3 is 0 Å². The van der Waals surface area contributed by atoms with Crippen LogP contribution in [-0.4, -0.2) is 10.7 Å². The van der Waals surface area contributed by atoms with Crippen molar-refractivity contribution in [2.75, 3.05) is 0 Å². The molecule has 0 aliphatic carbocycles. The summed E-state index contributed by atoms with van der Waals surface area (Å²) in [6.45, 7) is 36.6. The lowest BCUT2D eigenvalue weighted by molar-refractivity contribution is 0.150. The van der Waals surface area contributed by atoms with E-state index in [1.54, 1.807) is 0 Å². The van der Waals surface area contributed by atoms with Gasteiger partial charge in [-0.3, -0.25) is 0 Å². The van der Waals surface area contributed by atoms with Crippen molar-refractivity contribution in [3.63, 3.8) is 0 Å². The van der Waals surface area contributed by atoms with E-state index in [0.717, 1.165) is 37.2 Å². The van der Waals surface area contributed by atoms with Gasteiger partial charge in [0.2, 0.25) is 0 Å². The van der Waals surface area contributed by atoms with Crippen molar-refractivity contribution in [1.82, 2.24) is 0 Å². The lowest BCUT2D eigenvalue weighted by atomic mass is 9.80. The summed E-state index contributed by atoms with van der Waals surface area (Å²) in [5.41, 5.74) is 7.93. The minimum absolute atomic E-state index is 0.0135. The molecule has 0 spiro atoms. The maximum absolute atomic E-state index is 7.10. The normalized spacial score (nSPS) is 13.7. The van der Waals surface area contributed by atoms with Crippen LogP contribution in [0.4, 0.5) is 0 Å². The molecule has 4 heteroatoms. The average molecular weight is 767 g/mol. The molecule has 0 amide bonds. The van der Waals surface area contributed by atoms with Gasteiger partial charge < -0.3 is 9.47 Å². The van der Waals surface area contributed by atoms with Crippen LogP contribution in [0.3, 0.4) is 0 Å². The van der Waals surface area contributed by atoms with Crippen molar-refractivity contribution in [2.45, 2.75) is 169 Å². The molecule has 2 atom stereocenters. The number of rotatable bonds is 13. The third kappa shape index (κ3) is 10.8. The number of hydrogen-bond acceptors (Lipinski definition) is 2. The Morgan fingerprint density at radius 1 is 0.389 bits per heavy atom. The van der Waals surface area contributed by atoms with Gasteiger partial charge in [-0.1, -0.05) is 184 Å². The first-order valence-corrected chi connectivity index (χ1v) is 22.4. The maximum atomic E-state index is 7.10. The minimum atomic E-state index is -0.247. The molecule has 0 heterocycles. The molecular weight excluding hydrogens is 694 g/mol. The first kappa shape index (κ1) is 44.1. The zero-order valence-corrected chi connectivity index (χ0v) is 38.7. The molecule has 2 unspecified atom stereocenters. The number of ether oxygens (including phenoxy) is 2. The van der Waals surface area contributed by atoms with Crippen LogP contribution in [0.5, 0.6) is 11.5 Å². The van der Waals surface area contributed by atoms with E-state index in [1.807, 2.05) is 0 Å². The summed E-state index contributed by atoms with van der Waals surface area (Å²) >= 11 is 0. The van der Waals surface area contributed by atoms with Crippen molar-refractivity contribution in [3.05, 3.63) is 107 Å². The average Bonchev–Trinajstić information content (AvgIpc) is 3.10. The van der Waals surface area contributed by atoms with Gasteiger partial charge in [0.15, 0.2) is 0 Å². The first-order chi connectivity index (χ1) is 25.0. The maximum Gasteiger partial charge on any atom is 0.128 e. The predicted octanol–water partition coefficient (Wildman–Crippen LogP) is 14.3. The lowest BCUT2D eigenvalue weighted by Gasteiger charge is -2.36. The van der Waals surface area contributed by atoms with E-state index in [2.05, 4.69) is 196 Å². The smallest absolute Gasteiger partial charge is 0.128 e. The van der Waals surface area contributed by atoms with Crippen molar-refractivity contribution < 1.29 is 9.47 Å². The fourth-order valence-electron chi connectivity index (χ4n) is 6.98. The van der Waals surface area contributed by atoms with Gasteiger partial charge in [0.05, 0.1) is 0 Å². The van der Waals surface area contributed by atoms with Crippen LogP contribution in [-0.2, 0) is 21.7 Å². The molecule has 0 saturated carbocycles. The highest BCUT2D eigenvalue weighted by Gasteiger charge is 2.34. The summed E-state index contributed by atoms with van der Waals surface area (Å²) in [6, 6.07) is 32.1. The zero-order chi connectivity index (χ0) is 40.3. The van der Waals surface area contributed by atoms with Gasteiger partial charge in [0.25, 0.3) is 0 Å². The Bertz CT molecular complexity index is 1680. The largest absolute Gasteiger partial charge is 0.483 e. The minimum Gasteiger partial charge on any atom is -0.483 e. The second-order valence-electron chi connectivity index (χ2n) is 19.4. The molecule has 0 aliphatic heterocycles. The standard InChI is InChI=1S/C50H72O2P2/c1-17-49(18-2,51-43-31-25-37(45(5,6)7)33-41(43)47(11,12)13)53-39-27-21-35(22-28-39)36-23-29-40(30-24-36)54-50(19-3,20-4)52-44-32-26-38(46(8,9)10)34-42(44)48(14,15)16/h21-34,53-54H,17-20H2,1-16H3. The summed E-state index contributed by atoms with van der Waals surface area (Å²) < 4.78 is 14.2. The highest BCUT2D eigenvalue weighted by atomic mass is 31.1. The van der Waals surface area contributed by atoms with E-state index in [0.29, 0.717) is 17.2 Å². The molecule has 4 aromatic carbocycles. The molecule has 54 heavy (non-hydrogen) atoms. The molecule has 0 fully saturated rings. The van der Waals surface area contributed by atoms with Gasteiger partial charge in [-0.2, -0.15) is 0 Å². The van der Waals surface area contributed by atoms with Crippen molar-refractivity contribution in [2.24, 2.45) is 0 Å². The van der Waals surface area contributed by atoms with Crippen LogP contribution in [0.2, 0.25) is 0 Å². The van der Waals surface area contributed by atoms with Crippen LogP contribution in [0.1, 0.15) is 159 Å². The van der Waals surface area contributed by atoms with Crippen molar-refractivity contribution in [1.29, 1.82) is 0 Å². The van der Waals surface area contributed by atoms with Gasteiger partial charge in [0, 0.05) is 0 Å². The third-order valence-corrected chi connectivity index (χ3v) is 14.8. The molecule has 0 saturated heterocycles. The molecule has 2 nitrogen and oxygen atoms in total. The molecule has 0 N–H and O–H groups in total. The van der Waals surface area contributed by atoms with E-state index < -0.39 is 0 Å². The van der Waals surface area contributed by atoms with Crippen LogP contribution in [0.25, 0.3) is 11.1 Å². The molecule has 0 aliphatic rings. The van der Waals surface area contributed by atoms with Gasteiger partial charge in [-0.05, 0) is 121 Å². The van der Waals surface area contributed by atoms with E-state index >= 15 is 0 Å². The van der Waals surface area contributed by atoms with Gasteiger partial charge in [-0.15, -0.1) is 0 Å². The second-order valence-corrected chi connectivity index (χ2v) is 22.9. The zero-order valence-electron chi connectivity index (χ0n) is 36.7. The Balaban J connectivity index is 1.53. The van der Waals surface area contributed by atoms with Crippen LogP contribution in [0, 0.1) is 0 Å². The summed E-state index contributed by atoms with van der Waals surface area (Å²) in [4.78, 5) is 0. The predicted molar refractivity (Wildman–Crippen MR) is 243 cm³/mol. The summed E-state index contributed by atoms with van der Waals surface area (Å²) in [5, 5.41) is 2.18. The fraction of sp³-hybridized carbons (Fsp3) is 0.520. The topological polar surface area (TPSA) is 18.5 Å². The van der Waals surface area contributed by atoms with E-state index in [9.17, 15) is 0 Å². The second kappa shape index (κ2) is 16.8. The Morgan fingerprint density at radius 2 is 0.685 bits per heavy atom. The Morgan fingerprint density at radius 3 is 0.926 bits per heavy atom. The summed E-state index contributed by atoms with van der Waals surface area (Å²) in [7, 11) is 1.09. The molecule has 0 aromatic heterocycles. The Hall–Kier alpha value is -2.66. The Labute approximate surface area is 334 Å². The van der Waals surface area contributed by atoms with Crippen LogP contribution in [0.15, 0.2) is 84.9 Å². The SMILES string of the molecule is CCC(CC)(Oc1ccc(C(C)(C)C)cc1C(C)(C)C)Pc1ccc(-c2ccc(PC(CC)(CC)Oc3ccc(C(C)(C)C)cc3C(C)(C)C)cc2)cc1. The summed E-state index contributed by atoms with van der Waals surface area (Å²) in [6.07, 6.45) is 3.82. The molecule has 4 aromatic rings. The van der Waals surface area contributed by atoms with Gasteiger partial charge in [-0.25, -0.2) is 0 Å². The number of benzene rings is 4.